The van der Waals surface area contributed by atoms with Crippen molar-refractivity contribution in [3.05, 3.63) is 23.8 Å². The van der Waals surface area contributed by atoms with Crippen LogP contribution >= 0.6 is 0 Å². The van der Waals surface area contributed by atoms with Crippen molar-refractivity contribution in [2.75, 3.05) is 12.4 Å². The SMILES string of the molecule is COc1cc(C)ccc1NC1CC(O)C1(C)C. The maximum atomic E-state index is 9.72. The van der Waals surface area contributed by atoms with E-state index < -0.39 is 0 Å². The smallest absolute Gasteiger partial charge is 0.142 e. The van der Waals surface area contributed by atoms with Gasteiger partial charge in [-0.1, -0.05) is 19.9 Å². The van der Waals surface area contributed by atoms with Gasteiger partial charge < -0.3 is 15.2 Å². The van der Waals surface area contributed by atoms with E-state index in [2.05, 4.69) is 25.2 Å². The molecule has 1 fully saturated rings. The molecule has 0 bridgehead atoms. The Morgan fingerprint density at radius 3 is 2.65 bits per heavy atom. The van der Waals surface area contributed by atoms with Gasteiger partial charge in [-0.05, 0) is 31.0 Å². The molecule has 1 aromatic carbocycles. The van der Waals surface area contributed by atoms with Gasteiger partial charge in [0.25, 0.3) is 0 Å². The molecule has 0 aliphatic heterocycles. The summed E-state index contributed by atoms with van der Waals surface area (Å²) in [6.45, 7) is 6.21. The van der Waals surface area contributed by atoms with Gasteiger partial charge in [0, 0.05) is 11.5 Å². The summed E-state index contributed by atoms with van der Waals surface area (Å²) in [4.78, 5) is 0. The second kappa shape index (κ2) is 4.22. The van der Waals surface area contributed by atoms with Gasteiger partial charge in [0.1, 0.15) is 5.75 Å². The third kappa shape index (κ3) is 2.12. The molecule has 2 unspecified atom stereocenters. The number of hydrogen-bond donors (Lipinski definition) is 2. The Bertz CT molecular complexity index is 415. The Hall–Kier alpha value is -1.22. The minimum absolute atomic E-state index is 0.0735. The van der Waals surface area contributed by atoms with Gasteiger partial charge in [-0.3, -0.25) is 0 Å². The van der Waals surface area contributed by atoms with Crippen molar-refractivity contribution in [3.8, 4) is 5.75 Å². The molecule has 0 aromatic heterocycles. The Kier molecular flexibility index (Phi) is 3.04. The van der Waals surface area contributed by atoms with Crippen LogP contribution in [0.2, 0.25) is 0 Å². The summed E-state index contributed by atoms with van der Waals surface area (Å²) in [5, 5.41) is 13.2. The zero-order valence-corrected chi connectivity index (χ0v) is 10.9. The summed E-state index contributed by atoms with van der Waals surface area (Å²) in [5.74, 6) is 0.863. The molecule has 2 atom stereocenters. The van der Waals surface area contributed by atoms with Gasteiger partial charge in [0.15, 0.2) is 0 Å². The molecule has 0 spiro atoms. The van der Waals surface area contributed by atoms with E-state index in [1.54, 1.807) is 7.11 Å². The molecule has 1 saturated carbocycles. The third-order valence-corrected chi connectivity index (χ3v) is 3.90. The van der Waals surface area contributed by atoms with Gasteiger partial charge in [0.2, 0.25) is 0 Å². The first-order valence-corrected chi connectivity index (χ1v) is 6.04. The number of benzene rings is 1. The standard InChI is InChI=1S/C14H21NO2/c1-9-5-6-10(11(7-9)17-4)15-12-8-13(16)14(12,2)3/h5-7,12-13,15-16H,8H2,1-4H3. The lowest BCUT2D eigenvalue weighted by Gasteiger charge is -2.50. The van der Waals surface area contributed by atoms with E-state index in [1.165, 1.54) is 5.56 Å². The van der Waals surface area contributed by atoms with E-state index in [1.807, 2.05) is 19.1 Å². The molecule has 2 rings (SSSR count). The predicted molar refractivity (Wildman–Crippen MR) is 69.5 cm³/mol. The number of aliphatic hydroxyl groups is 1. The maximum Gasteiger partial charge on any atom is 0.142 e. The minimum Gasteiger partial charge on any atom is -0.495 e. The molecule has 1 aliphatic rings. The minimum atomic E-state index is -0.212. The zero-order valence-electron chi connectivity index (χ0n) is 10.9. The number of rotatable bonds is 3. The molecule has 94 valence electrons. The van der Waals surface area contributed by atoms with Gasteiger partial charge in [-0.25, -0.2) is 0 Å². The number of hydrogen-bond acceptors (Lipinski definition) is 3. The summed E-state index contributed by atoms with van der Waals surface area (Å²) in [5.41, 5.74) is 2.11. The van der Waals surface area contributed by atoms with Crippen LogP contribution in [0.4, 0.5) is 5.69 Å². The second-order valence-electron chi connectivity index (χ2n) is 5.47. The van der Waals surface area contributed by atoms with E-state index in [0.29, 0.717) is 6.04 Å². The average Bonchev–Trinajstić information content (AvgIpc) is 2.30. The number of nitrogens with one attached hydrogen (secondary N) is 1. The molecule has 0 amide bonds. The van der Waals surface area contributed by atoms with Crippen LogP contribution in [0.5, 0.6) is 5.75 Å². The number of anilines is 1. The monoisotopic (exact) mass is 235 g/mol. The Labute approximate surface area is 103 Å². The third-order valence-electron chi connectivity index (χ3n) is 3.90. The lowest BCUT2D eigenvalue weighted by molar-refractivity contribution is -0.0511. The fraction of sp³-hybridized carbons (Fsp3) is 0.571. The molecule has 1 aliphatic carbocycles. The van der Waals surface area contributed by atoms with Crippen LogP contribution in [0.15, 0.2) is 18.2 Å². The van der Waals surface area contributed by atoms with Crippen LogP contribution in [0.3, 0.4) is 0 Å². The molecular formula is C14H21NO2. The van der Waals surface area contributed by atoms with E-state index in [4.69, 9.17) is 4.74 Å². The molecule has 1 aromatic rings. The highest BCUT2D eigenvalue weighted by molar-refractivity contribution is 5.58. The van der Waals surface area contributed by atoms with E-state index in [-0.39, 0.29) is 11.5 Å². The summed E-state index contributed by atoms with van der Waals surface area (Å²) in [7, 11) is 1.68. The van der Waals surface area contributed by atoms with Crippen molar-refractivity contribution >= 4 is 5.69 Å². The molecule has 0 heterocycles. The van der Waals surface area contributed by atoms with Gasteiger partial charge >= 0.3 is 0 Å². The first-order chi connectivity index (χ1) is 7.95. The fourth-order valence-electron chi connectivity index (χ4n) is 2.25. The van der Waals surface area contributed by atoms with E-state index in [0.717, 1.165) is 17.9 Å². The quantitative estimate of drug-likeness (QED) is 0.846. The van der Waals surface area contributed by atoms with Crippen molar-refractivity contribution in [1.82, 2.24) is 0 Å². The number of aryl methyl sites for hydroxylation is 1. The van der Waals surface area contributed by atoms with Crippen molar-refractivity contribution in [1.29, 1.82) is 0 Å². The molecule has 17 heavy (non-hydrogen) atoms. The first kappa shape index (κ1) is 12.2. The van der Waals surface area contributed by atoms with Crippen LogP contribution in [-0.2, 0) is 0 Å². The lowest BCUT2D eigenvalue weighted by Crippen LogP contribution is -2.56. The topological polar surface area (TPSA) is 41.5 Å². The summed E-state index contributed by atoms with van der Waals surface area (Å²) >= 11 is 0. The Balaban J connectivity index is 2.15. The highest BCUT2D eigenvalue weighted by atomic mass is 16.5. The highest BCUT2D eigenvalue weighted by Crippen LogP contribution is 2.43. The summed E-state index contributed by atoms with van der Waals surface area (Å²) < 4.78 is 5.37. The van der Waals surface area contributed by atoms with Gasteiger partial charge in [-0.2, -0.15) is 0 Å². The Morgan fingerprint density at radius 1 is 1.41 bits per heavy atom. The molecule has 3 nitrogen and oxygen atoms in total. The first-order valence-electron chi connectivity index (χ1n) is 6.04. The van der Waals surface area contributed by atoms with Crippen molar-refractivity contribution < 1.29 is 9.84 Å². The average molecular weight is 235 g/mol. The fourth-order valence-corrected chi connectivity index (χ4v) is 2.25. The lowest BCUT2D eigenvalue weighted by atomic mass is 9.64. The molecule has 0 saturated heterocycles. The van der Waals surface area contributed by atoms with Crippen LogP contribution in [0, 0.1) is 12.3 Å². The van der Waals surface area contributed by atoms with Gasteiger partial charge in [0.05, 0.1) is 18.9 Å². The van der Waals surface area contributed by atoms with Gasteiger partial charge in [-0.15, -0.1) is 0 Å². The highest BCUT2D eigenvalue weighted by Gasteiger charge is 2.47. The predicted octanol–water partition coefficient (Wildman–Crippen LogP) is 2.57. The summed E-state index contributed by atoms with van der Waals surface area (Å²) in [6, 6.07) is 6.42. The Morgan fingerprint density at radius 2 is 2.12 bits per heavy atom. The zero-order chi connectivity index (χ0) is 12.6. The van der Waals surface area contributed by atoms with Crippen LogP contribution in [0.1, 0.15) is 25.8 Å². The van der Waals surface area contributed by atoms with Crippen molar-refractivity contribution in [2.24, 2.45) is 5.41 Å². The van der Waals surface area contributed by atoms with E-state index >= 15 is 0 Å². The molecule has 2 N–H and O–H groups in total. The number of ether oxygens (including phenoxy) is 1. The largest absolute Gasteiger partial charge is 0.495 e. The second-order valence-corrected chi connectivity index (χ2v) is 5.47. The maximum absolute atomic E-state index is 9.72. The van der Waals surface area contributed by atoms with Crippen molar-refractivity contribution in [3.63, 3.8) is 0 Å². The normalized spacial score (nSPS) is 26.2. The molecule has 3 heteroatoms. The summed E-state index contributed by atoms with van der Waals surface area (Å²) in [6.07, 6.45) is 0.584. The molecule has 0 radical (unpaired) electrons. The number of methoxy groups -OCH3 is 1. The van der Waals surface area contributed by atoms with Crippen LogP contribution in [0.25, 0.3) is 0 Å². The van der Waals surface area contributed by atoms with E-state index in [9.17, 15) is 5.11 Å². The molecular weight excluding hydrogens is 214 g/mol. The van der Waals surface area contributed by atoms with Crippen LogP contribution in [-0.4, -0.2) is 24.4 Å². The van der Waals surface area contributed by atoms with Crippen molar-refractivity contribution in [2.45, 2.75) is 39.3 Å². The number of aliphatic hydroxyl groups excluding tert-OH is 1. The van der Waals surface area contributed by atoms with Crippen LogP contribution < -0.4 is 10.1 Å².